The second kappa shape index (κ2) is 6.64. The lowest BCUT2D eigenvalue weighted by molar-refractivity contribution is 0.437. The first-order valence-electron chi connectivity index (χ1n) is 5.33. The van der Waals surface area contributed by atoms with Crippen LogP contribution >= 0.6 is 27.7 Å². The molecule has 1 atom stereocenters. The number of rotatable bonds is 5. The molecule has 0 fully saturated rings. The molecule has 1 aromatic rings. The van der Waals surface area contributed by atoms with Crippen molar-refractivity contribution in [3.8, 4) is 0 Å². The van der Waals surface area contributed by atoms with Crippen LogP contribution in [0.15, 0.2) is 27.6 Å². The van der Waals surface area contributed by atoms with Crippen molar-refractivity contribution >= 4 is 27.7 Å². The third-order valence-corrected chi connectivity index (χ3v) is 4.25. The normalized spacial score (nSPS) is 13.1. The molecule has 1 aromatic carbocycles. The molecule has 0 saturated carbocycles. The molecular formula is C12H19BrN2S. The lowest BCUT2D eigenvalue weighted by atomic mass is 10.1. The van der Waals surface area contributed by atoms with Gasteiger partial charge in [0.2, 0.25) is 0 Å². The van der Waals surface area contributed by atoms with Crippen LogP contribution in [0.5, 0.6) is 0 Å². The number of hydrogen-bond acceptors (Lipinski definition) is 3. The molecule has 0 unspecified atom stereocenters. The van der Waals surface area contributed by atoms with Crippen LogP contribution < -0.4 is 5.73 Å². The molecule has 2 N–H and O–H groups in total. The summed E-state index contributed by atoms with van der Waals surface area (Å²) < 4.78 is 1.14. The van der Waals surface area contributed by atoms with Gasteiger partial charge in [0.15, 0.2) is 0 Å². The fraction of sp³-hybridized carbons (Fsp3) is 0.500. The maximum atomic E-state index is 5.84. The smallest absolute Gasteiger partial charge is 0.0314 e. The fourth-order valence-corrected chi connectivity index (χ4v) is 3.03. The Labute approximate surface area is 111 Å². The lowest BCUT2D eigenvalue weighted by Gasteiger charge is -2.11. The van der Waals surface area contributed by atoms with Crippen LogP contribution in [0.3, 0.4) is 0 Å². The molecule has 0 amide bonds. The molecular weight excluding hydrogens is 284 g/mol. The summed E-state index contributed by atoms with van der Waals surface area (Å²) in [5, 5.41) is 0. The van der Waals surface area contributed by atoms with Gasteiger partial charge in [-0.15, -0.1) is 11.8 Å². The molecule has 4 heteroatoms. The van der Waals surface area contributed by atoms with Crippen LogP contribution in [0, 0.1) is 0 Å². The van der Waals surface area contributed by atoms with E-state index < -0.39 is 0 Å². The van der Waals surface area contributed by atoms with Crippen molar-refractivity contribution in [2.24, 2.45) is 5.73 Å². The molecule has 0 aliphatic rings. The van der Waals surface area contributed by atoms with Crippen molar-refractivity contribution in [1.29, 1.82) is 0 Å². The third-order valence-electron chi connectivity index (χ3n) is 2.28. The Bertz CT molecular complexity index is 340. The van der Waals surface area contributed by atoms with E-state index in [0.29, 0.717) is 0 Å². The monoisotopic (exact) mass is 302 g/mol. The summed E-state index contributed by atoms with van der Waals surface area (Å²) in [4.78, 5) is 3.48. The Hall–Kier alpha value is -0.0300. The molecule has 0 bridgehead atoms. The van der Waals surface area contributed by atoms with E-state index in [4.69, 9.17) is 5.73 Å². The van der Waals surface area contributed by atoms with Crippen molar-refractivity contribution in [2.45, 2.75) is 17.9 Å². The summed E-state index contributed by atoms with van der Waals surface area (Å²) in [5.41, 5.74) is 7.01. The average molecular weight is 303 g/mol. The molecule has 2 nitrogen and oxygen atoms in total. The number of benzene rings is 1. The van der Waals surface area contributed by atoms with Gasteiger partial charge in [-0.25, -0.2) is 0 Å². The Morgan fingerprint density at radius 3 is 2.62 bits per heavy atom. The molecule has 0 aromatic heterocycles. The molecule has 0 radical (unpaired) electrons. The molecule has 90 valence electrons. The maximum absolute atomic E-state index is 5.84. The molecule has 0 saturated heterocycles. The second-order valence-electron chi connectivity index (χ2n) is 4.13. The van der Waals surface area contributed by atoms with Crippen molar-refractivity contribution in [2.75, 3.05) is 26.4 Å². The number of nitrogens with two attached hydrogens (primary N) is 1. The van der Waals surface area contributed by atoms with E-state index >= 15 is 0 Å². The Morgan fingerprint density at radius 2 is 2.12 bits per heavy atom. The first kappa shape index (κ1) is 14.0. The third kappa shape index (κ3) is 4.45. The highest BCUT2D eigenvalue weighted by molar-refractivity contribution is 9.10. The van der Waals surface area contributed by atoms with Crippen molar-refractivity contribution < 1.29 is 0 Å². The fourth-order valence-electron chi connectivity index (χ4n) is 1.26. The average Bonchev–Trinajstić information content (AvgIpc) is 2.19. The molecule has 0 aliphatic heterocycles. The predicted octanol–water partition coefficient (Wildman–Crippen LogP) is 3.12. The van der Waals surface area contributed by atoms with E-state index in [0.717, 1.165) is 16.8 Å². The number of halogens is 1. The summed E-state index contributed by atoms with van der Waals surface area (Å²) in [6.45, 7) is 3.09. The zero-order valence-corrected chi connectivity index (χ0v) is 12.4. The minimum absolute atomic E-state index is 0.0946. The Balaban J connectivity index is 2.61. The van der Waals surface area contributed by atoms with Gasteiger partial charge in [0.1, 0.15) is 0 Å². The van der Waals surface area contributed by atoms with Gasteiger partial charge >= 0.3 is 0 Å². The quantitative estimate of drug-likeness (QED) is 0.848. The lowest BCUT2D eigenvalue weighted by Crippen LogP contribution is -2.14. The first-order valence-corrected chi connectivity index (χ1v) is 7.11. The summed E-state index contributed by atoms with van der Waals surface area (Å²) in [5.74, 6) is 1.10. The van der Waals surface area contributed by atoms with Gasteiger partial charge < -0.3 is 10.6 Å². The predicted molar refractivity (Wildman–Crippen MR) is 76.0 cm³/mol. The van der Waals surface area contributed by atoms with Crippen LogP contribution in [0.2, 0.25) is 0 Å². The van der Waals surface area contributed by atoms with Gasteiger partial charge in [-0.2, -0.15) is 0 Å². The molecule has 0 heterocycles. The largest absolute Gasteiger partial charge is 0.324 e. The standard InChI is InChI=1S/C12H19BrN2S/c1-9(14)10-4-5-12(11(13)8-10)16-7-6-15(2)3/h4-5,8-9H,6-7,14H2,1-3H3/t9-/m1/s1. The van der Waals surface area contributed by atoms with Crippen LogP contribution in [-0.4, -0.2) is 31.3 Å². The molecule has 16 heavy (non-hydrogen) atoms. The highest BCUT2D eigenvalue weighted by Gasteiger charge is 2.05. The van der Waals surface area contributed by atoms with Gasteiger partial charge in [0.05, 0.1) is 0 Å². The van der Waals surface area contributed by atoms with Crippen LogP contribution in [0.4, 0.5) is 0 Å². The van der Waals surface area contributed by atoms with Gasteiger partial charge in [0.25, 0.3) is 0 Å². The van der Waals surface area contributed by atoms with Gasteiger partial charge in [-0.3, -0.25) is 0 Å². The number of hydrogen-bond donors (Lipinski definition) is 1. The second-order valence-corrected chi connectivity index (χ2v) is 6.12. The van der Waals surface area contributed by atoms with E-state index in [9.17, 15) is 0 Å². The van der Waals surface area contributed by atoms with Crippen LogP contribution in [-0.2, 0) is 0 Å². The molecule has 0 aliphatic carbocycles. The van der Waals surface area contributed by atoms with E-state index in [2.05, 4.69) is 53.1 Å². The summed E-state index contributed by atoms with van der Waals surface area (Å²) in [6, 6.07) is 6.45. The number of thioether (sulfide) groups is 1. The van der Waals surface area contributed by atoms with Gasteiger partial charge in [-0.1, -0.05) is 6.07 Å². The molecule has 1 rings (SSSR count). The highest BCUT2D eigenvalue weighted by Crippen LogP contribution is 2.29. The zero-order valence-electron chi connectivity index (χ0n) is 10.0. The topological polar surface area (TPSA) is 29.3 Å². The van der Waals surface area contributed by atoms with Crippen molar-refractivity contribution in [3.63, 3.8) is 0 Å². The van der Waals surface area contributed by atoms with Gasteiger partial charge in [0, 0.05) is 27.7 Å². The van der Waals surface area contributed by atoms with E-state index in [-0.39, 0.29) is 6.04 Å². The minimum atomic E-state index is 0.0946. The SMILES string of the molecule is C[C@@H](N)c1ccc(SCCN(C)C)c(Br)c1. The maximum Gasteiger partial charge on any atom is 0.0314 e. The summed E-state index contributed by atoms with van der Waals surface area (Å²) in [6.07, 6.45) is 0. The Kier molecular flexibility index (Phi) is 5.83. The highest BCUT2D eigenvalue weighted by atomic mass is 79.9. The first-order chi connectivity index (χ1) is 7.50. The zero-order chi connectivity index (χ0) is 12.1. The summed E-state index contributed by atoms with van der Waals surface area (Å²) in [7, 11) is 4.18. The summed E-state index contributed by atoms with van der Waals surface area (Å²) >= 11 is 5.46. The number of nitrogens with zero attached hydrogens (tertiary/aromatic N) is 1. The van der Waals surface area contributed by atoms with E-state index in [1.807, 2.05) is 18.7 Å². The van der Waals surface area contributed by atoms with Crippen LogP contribution in [0.1, 0.15) is 18.5 Å². The van der Waals surface area contributed by atoms with Gasteiger partial charge in [-0.05, 0) is 54.6 Å². The van der Waals surface area contributed by atoms with Crippen molar-refractivity contribution in [3.05, 3.63) is 28.2 Å². The van der Waals surface area contributed by atoms with E-state index in [1.165, 1.54) is 10.5 Å². The van der Waals surface area contributed by atoms with Crippen LogP contribution in [0.25, 0.3) is 0 Å². The van der Waals surface area contributed by atoms with Crippen molar-refractivity contribution in [1.82, 2.24) is 4.90 Å². The van der Waals surface area contributed by atoms with E-state index in [1.54, 1.807) is 0 Å². The Morgan fingerprint density at radius 1 is 1.44 bits per heavy atom. The molecule has 0 spiro atoms. The minimum Gasteiger partial charge on any atom is -0.324 e.